The molecule has 0 bridgehead atoms. The van der Waals surface area contributed by atoms with Crippen LogP contribution in [0.1, 0.15) is 38.0 Å². The maximum Gasteiger partial charge on any atom is 0.407 e. The van der Waals surface area contributed by atoms with Crippen LogP contribution in [-0.4, -0.2) is 74.7 Å². The second-order valence-electron chi connectivity index (χ2n) is 8.97. The van der Waals surface area contributed by atoms with E-state index in [9.17, 15) is 18.3 Å². The van der Waals surface area contributed by atoms with E-state index in [2.05, 4.69) is 5.32 Å². The fraction of sp³-hybridized carbons (Fsp3) is 0.519. The van der Waals surface area contributed by atoms with E-state index >= 15 is 0 Å². The summed E-state index contributed by atoms with van der Waals surface area (Å²) in [7, 11) is -4.77. The number of sulfonamides is 1. The second-order valence-corrected chi connectivity index (χ2v) is 10.9. The lowest BCUT2D eigenvalue weighted by molar-refractivity contribution is -0.0907. The first-order valence-corrected chi connectivity index (χ1v) is 13.4. The van der Waals surface area contributed by atoms with Crippen LogP contribution in [0.25, 0.3) is 0 Å². The Kier molecular flexibility index (Phi) is 6.08. The molecule has 208 valence electrons. The molecule has 2 saturated heterocycles. The smallest absolute Gasteiger partial charge is 0.407 e. The molecule has 4 rings (SSSR count). The number of alkyl carbamates (subject to hydrolysis) is 1. The Labute approximate surface area is 236 Å². The minimum absolute atomic E-state index is 0.0339. The van der Waals surface area contributed by atoms with Crippen LogP contribution in [0.2, 0.25) is 0 Å². The average Bonchev–Trinajstić information content (AvgIpc) is 3.40. The minimum Gasteiger partial charge on any atom is -0.443 e. The predicted molar refractivity (Wildman–Crippen MR) is 142 cm³/mol. The van der Waals surface area contributed by atoms with Crippen molar-refractivity contribution in [2.24, 2.45) is 11.8 Å². The van der Waals surface area contributed by atoms with Crippen LogP contribution in [0.5, 0.6) is 0 Å². The highest BCUT2D eigenvalue weighted by Crippen LogP contribution is 2.33. The molecule has 0 radical (unpaired) electrons. The molecule has 2 heterocycles. The van der Waals surface area contributed by atoms with Crippen molar-refractivity contribution in [3.8, 4) is 0 Å². The van der Waals surface area contributed by atoms with Gasteiger partial charge in [0.05, 0.1) is 37.5 Å². The lowest BCUT2D eigenvalue weighted by atomic mass is 10.0. The van der Waals surface area contributed by atoms with Crippen molar-refractivity contribution in [3.63, 3.8) is 0 Å². The first-order valence-electron chi connectivity index (χ1n) is 16.5. The minimum atomic E-state index is -4.77. The Bertz CT molecular complexity index is 1500. The van der Waals surface area contributed by atoms with Gasteiger partial charge in [0.2, 0.25) is 10.0 Å². The van der Waals surface area contributed by atoms with E-state index in [0.29, 0.717) is 9.87 Å². The maximum atomic E-state index is 13.9. The Morgan fingerprint density at radius 2 is 1.97 bits per heavy atom. The zero-order valence-corrected chi connectivity index (χ0v) is 21.3. The third-order valence-electron chi connectivity index (χ3n) is 6.18. The molecule has 0 aromatic heterocycles. The highest BCUT2D eigenvalue weighted by Gasteiger charge is 2.44. The van der Waals surface area contributed by atoms with Gasteiger partial charge in [0, 0.05) is 29.7 Å². The number of nitrogens with one attached hydrogen (secondary N) is 1. The number of nitrogens with two attached hydrogens (primary N) is 1. The van der Waals surface area contributed by atoms with E-state index in [1.807, 2.05) is 0 Å². The second kappa shape index (κ2) is 12.4. The fourth-order valence-corrected chi connectivity index (χ4v) is 5.67. The highest BCUT2D eigenvalue weighted by atomic mass is 32.2. The number of benzene rings is 2. The number of aliphatic hydroxyl groups excluding tert-OH is 1. The van der Waals surface area contributed by atoms with Crippen molar-refractivity contribution in [2.45, 2.75) is 56.0 Å². The molecule has 2 aromatic carbocycles. The molecule has 0 spiro atoms. The predicted octanol–water partition coefficient (Wildman–Crippen LogP) is 2.38. The molecule has 5 atom stereocenters. The van der Waals surface area contributed by atoms with Crippen molar-refractivity contribution < 1.29 is 44.9 Å². The van der Waals surface area contributed by atoms with Gasteiger partial charge >= 0.3 is 6.09 Å². The molecule has 0 unspecified atom stereocenters. The van der Waals surface area contributed by atoms with Gasteiger partial charge in [-0.05, 0) is 48.6 Å². The molecule has 2 aliphatic rings. The van der Waals surface area contributed by atoms with E-state index in [1.165, 1.54) is 12.1 Å². The SMILES string of the molecule is [2H]C([2H])([2H])C([2H])(CN(C[C@@H](O)[C@H](Cc1ccccc1)NC(=O)O[C@H]1CO[C@@]2([2H])OCC[C@@]12[2H])S(=O)(=O)c1ccc(N)cc1)C([2H])([2H])[2H]. The maximum absolute atomic E-state index is 13.9. The van der Waals surface area contributed by atoms with E-state index in [1.54, 1.807) is 30.3 Å². The summed E-state index contributed by atoms with van der Waals surface area (Å²) in [6.07, 6.45) is -6.26. The van der Waals surface area contributed by atoms with Crippen LogP contribution >= 0.6 is 0 Å². The molecule has 38 heavy (non-hydrogen) atoms. The van der Waals surface area contributed by atoms with Crippen LogP contribution in [0.4, 0.5) is 10.5 Å². The normalized spacial score (nSPS) is 31.1. The molecule has 2 fully saturated rings. The highest BCUT2D eigenvalue weighted by molar-refractivity contribution is 7.89. The van der Waals surface area contributed by atoms with Gasteiger partial charge < -0.3 is 30.4 Å². The Morgan fingerprint density at radius 3 is 2.68 bits per heavy atom. The van der Waals surface area contributed by atoms with Gasteiger partial charge in [-0.15, -0.1) is 0 Å². The third-order valence-corrected chi connectivity index (χ3v) is 8.01. The number of ether oxygens (including phenoxy) is 3. The molecule has 0 aliphatic carbocycles. The quantitative estimate of drug-likeness (QED) is 0.359. The summed E-state index contributed by atoms with van der Waals surface area (Å²) < 4.78 is 116. The van der Waals surface area contributed by atoms with Crippen LogP contribution in [-0.2, 0) is 30.7 Å². The lowest BCUT2D eigenvalue weighted by Crippen LogP contribution is -2.51. The number of anilines is 1. The van der Waals surface area contributed by atoms with Gasteiger partial charge in [-0.1, -0.05) is 44.0 Å². The number of nitrogens with zero attached hydrogens (tertiary/aromatic N) is 1. The van der Waals surface area contributed by atoms with Gasteiger partial charge in [-0.3, -0.25) is 0 Å². The van der Waals surface area contributed by atoms with Crippen molar-refractivity contribution >= 4 is 21.8 Å². The van der Waals surface area contributed by atoms with Gasteiger partial charge in [0.1, 0.15) is 6.10 Å². The molecule has 11 heteroatoms. The number of hydrogen-bond donors (Lipinski definition) is 3. The number of rotatable bonds is 11. The van der Waals surface area contributed by atoms with Gasteiger partial charge in [-0.2, -0.15) is 4.31 Å². The van der Waals surface area contributed by atoms with Gasteiger partial charge in [-0.25, -0.2) is 13.2 Å². The van der Waals surface area contributed by atoms with E-state index < -0.39 is 84.1 Å². The summed E-state index contributed by atoms with van der Waals surface area (Å²) in [6, 6.07) is 11.8. The lowest BCUT2D eigenvalue weighted by Gasteiger charge is -2.31. The first kappa shape index (κ1) is 18.6. The number of fused-ring (bicyclic) bond motifs is 1. The van der Waals surface area contributed by atoms with Crippen molar-refractivity contribution in [1.82, 2.24) is 9.62 Å². The van der Waals surface area contributed by atoms with Crippen LogP contribution in [0, 0.1) is 11.8 Å². The molecule has 2 aliphatic heterocycles. The zero-order valence-electron chi connectivity index (χ0n) is 29.5. The van der Waals surface area contributed by atoms with E-state index in [-0.39, 0.29) is 31.7 Å². The van der Waals surface area contributed by atoms with Crippen LogP contribution < -0.4 is 11.1 Å². The number of nitrogen functional groups attached to an aromatic ring is 1. The number of carbonyl (C=O) groups is 1. The fourth-order valence-electron chi connectivity index (χ4n) is 4.25. The van der Waals surface area contributed by atoms with Crippen LogP contribution in [0.3, 0.4) is 0 Å². The average molecular weight is 557 g/mol. The largest absolute Gasteiger partial charge is 0.443 e. The van der Waals surface area contributed by atoms with Gasteiger partial charge in [0.15, 0.2) is 6.27 Å². The summed E-state index contributed by atoms with van der Waals surface area (Å²) in [5.41, 5.74) is 6.48. The number of hydrogen-bond acceptors (Lipinski definition) is 8. The van der Waals surface area contributed by atoms with E-state index in [0.717, 1.165) is 12.1 Å². The molecule has 4 N–H and O–H groups in total. The molecular weight excluding hydrogens is 510 g/mol. The molecule has 0 saturated carbocycles. The Morgan fingerprint density at radius 1 is 1.24 bits per heavy atom. The van der Waals surface area contributed by atoms with E-state index in [4.69, 9.17) is 32.3 Å². The topological polar surface area (TPSA) is 140 Å². The number of amides is 1. The third kappa shape index (κ3) is 7.03. The monoisotopic (exact) mass is 556 g/mol. The summed E-state index contributed by atoms with van der Waals surface area (Å²) >= 11 is 0. The Hall–Kier alpha value is -2.70. The summed E-state index contributed by atoms with van der Waals surface area (Å²) in [6.45, 7) is -9.58. The van der Waals surface area contributed by atoms with Crippen molar-refractivity contribution in [2.75, 3.05) is 32.0 Å². The summed E-state index contributed by atoms with van der Waals surface area (Å²) in [5, 5.41) is 14.0. The molecule has 1 amide bonds. The van der Waals surface area contributed by atoms with Crippen molar-refractivity contribution in [3.05, 3.63) is 60.2 Å². The summed E-state index contributed by atoms with van der Waals surface area (Å²) in [5.74, 6) is -5.05. The number of carbonyl (C=O) groups excluding carboxylic acids is 1. The van der Waals surface area contributed by atoms with Crippen LogP contribution in [0.15, 0.2) is 59.5 Å². The summed E-state index contributed by atoms with van der Waals surface area (Å²) in [4.78, 5) is 12.7. The molecule has 10 nitrogen and oxygen atoms in total. The molecular formula is C27H37N3O7S. The van der Waals surface area contributed by atoms with Gasteiger partial charge in [0.25, 0.3) is 0 Å². The zero-order chi connectivity index (χ0) is 35.1. The van der Waals surface area contributed by atoms with Crippen molar-refractivity contribution in [1.29, 1.82) is 0 Å². The number of aliphatic hydroxyl groups is 1. The standard InChI is InChI=1S/C27H37N3O7S/c1-18(2)15-30(38(33,34)21-10-8-20(28)9-11-21)16-24(31)23(14-19-6-4-3-5-7-19)29-27(32)37-25-17-36-26-22(25)12-13-35-26/h3-11,18,22-26,31H,12-17,28H2,1-2H3,(H,29,32)/t22-,23-,24+,25-,26+/m0/s1/i1D3,2D3,18D,22D,26D. The molecule has 2 aromatic rings. The Balaban J connectivity index is 1.66. The first-order chi connectivity index (χ1) is 21.6.